The molecule has 128 valence electrons. The highest BCUT2D eigenvalue weighted by atomic mass is 32.2. The molecule has 0 aliphatic carbocycles. The number of benzene rings is 2. The lowest BCUT2D eigenvalue weighted by Gasteiger charge is -2.11. The van der Waals surface area contributed by atoms with Crippen LogP contribution in [0.3, 0.4) is 0 Å². The lowest BCUT2D eigenvalue weighted by atomic mass is 10.3. The zero-order valence-corrected chi connectivity index (χ0v) is 14.6. The van der Waals surface area contributed by atoms with Gasteiger partial charge >= 0.3 is 0 Å². The molecule has 0 fully saturated rings. The van der Waals surface area contributed by atoms with E-state index in [0.29, 0.717) is 11.4 Å². The molecule has 0 aliphatic rings. The van der Waals surface area contributed by atoms with E-state index in [0.717, 1.165) is 0 Å². The summed E-state index contributed by atoms with van der Waals surface area (Å²) in [5, 5.41) is 16.0. The summed E-state index contributed by atoms with van der Waals surface area (Å²) in [6.45, 7) is 0. The largest absolute Gasteiger partial charge is 0.332 e. The molecule has 0 saturated heterocycles. The Bertz CT molecular complexity index is 874. The number of anilines is 2. The maximum absolute atomic E-state index is 11.2. The standard InChI is InChI=1S/C13H14N4O4S3/c14-23(18,19)11-5-1-9(2-6-11)16-13(22)17-10-3-7-12(8-4-10)24(15,20)21/h1-8H,(H2,14,18,19)(H2,15,20,21)(H2,16,17,22). The lowest BCUT2D eigenvalue weighted by Crippen LogP contribution is -2.19. The zero-order valence-electron chi connectivity index (χ0n) is 12.1. The molecule has 0 unspecified atom stereocenters. The van der Waals surface area contributed by atoms with Crippen LogP contribution in [-0.4, -0.2) is 21.9 Å². The Kier molecular flexibility index (Phi) is 5.20. The molecule has 2 rings (SSSR count). The van der Waals surface area contributed by atoms with Gasteiger partial charge in [0.15, 0.2) is 5.11 Å². The predicted octanol–water partition coefficient (Wildman–Crippen LogP) is 0.790. The van der Waals surface area contributed by atoms with Crippen LogP contribution >= 0.6 is 12.2 Å². The van der Waals surface area contributed by atoms with Crippen molar-refractivity contribution in [3.63, 3.8) is 0 Å². The Morgan fingerprint density at radius 1 is 0.708 bits per heavy atom. The molecule has 0 radical (unpaired) electrons. The second-order valence-corrected chi connectivity index (χ2v) is 8.25. The third-order valence-corrected chi connectivity index (χ3v) is 4.94. The van der Waals surface area contributed by atoms with E-state index in [1.54, 1.807) is 0 Å². The molecule has 8 nitrogen and oxygen atoms in total. The Hall–Kier alpha value is -2.05. The van der Waals surface area contributed by atoms with Crippen LogP contribution in [0.1, 0.15) is 0 Å². The average molecular weight is 386 g/mol. The first kappa shape index (κ1) is 18.3. The number of nitrogens with one attached hydrogen (secondary N) is 2. The third kappa shape index (κ3) is 4.97. The van der Waals surface area contributed by atoms with Crippen molar-refractivity contribution in [1.82, 2.24) is 0 Å². The van der Waals surface area contributed by atoms with Crippen molar-refractivity contribution in [1.29, 1.82) is 0 Å². The van der Waals surface area contributed by atoms with Gasteiger partial charge in [0, 0.05) is 11.4 Å². The van der Waals surface area contributed by atoms with E-state index < -0.39 is 20.0 Å². The first-order valence-electron chi connectivity index (χ1n) is 6.39. The van der Waals surface area contributed by atoms with Crippen LogP contribution in [0.5, 0.6) is 0 Å². The molecule has 24 heavy (non-hydrogen) atoms. The van der Waals surface area contributed by atoms with Crippen molar-refractivity contribution < 1.29 is 16.8 Å². The summed E-state index contributed by atoms with van der Waals surface area (Å²) in [4.78, 5) is -0.0176. The summed E-state index contributed by atoms with van der Waals surface area (Å²) in [6.07, 6.45) is 0. The molecule has 2 aromatic carbocycles. The molecule has 6 N–H and O–H groups in total. The summed E-state index contributed by atoms with van der Waals surface area (Å²) in [5.74, 6) is 0. The number of hydrogen-bond acceptors (Lipinski definition) is 5. The van der Waals surface area contributed by atoms with E-state index in [1.807, 2.05) is 0 Å². The number of nitrogens with two attached hydrogens (primary N) is 2. The van der Waals surface area contributed by atoms with Gasteiger partial charge in [0.2, 0.25) is 20.0 Å². The third-order valence-electron chi connectivity index (χ3n) is 2.88. The van der Waals surface area contributed by atoms with Crippen molar-refractivity contribution in [2.45, 2.75) is 9.79 Å². The van der Waals surface area contributed by atoms with Crippen LogP contribution in [0.25, 0.3) is 0 Å². The summed E-state index contributed by atoms with van der Waals surface area (Å²) in [7, 11) is -7.50. The predicted molar refractivity (Wildman–Crippen MR) is 95.5 cm³/mol. The van der Waals surface area contributed by atoms with Crippen LogP contribution in [0.4, 0.5) is 11.4 Å². The summed E-state index contributed by atoms with van der Waals surface area (Å²) < 4.78 is 44.7. The number of sulfonamides is 2. The maximum atomic E-state index is 11.2. The minimum absolute atomic E-state index is 0.00879. The van der Waals surface area contributed by atoms with Gasteiger partial charge in [-0.2, -0.15) is 0 Å². The summed E-state index contributed by atoms with van der Waals surface area (Å²) in [5.41, 5.74) is 1.11. The molecule has 2 aromatic rings. The van der Waals surface area contributed by atoms with Gasteiger partial charge < -0.3 is 10.6 Å². The highest BCUT2D eigenvalue weighted by Gasteiger charge is 2.08. The molecule has 0 spiro atoms. The fourth-order valence-electron chi connectivity index (χ4n) is 1.75. The highest BCUT2D eigenvalue weighted by Crippen LogP contribution is 2.15. The van der Waals surface area contributed by atoms with Crippen molar-refractivity contribution in [2.24, 2.45) is 10.3 Å². The molecule has 0 saturated carbocycles. The van der Waals surface area contributed by atoms with E-state index in [-0.39, 0.29) is 14.9 Å². The molecule has 0 bridgehead atoms. The second-order valence-electron chi connectivity index (χ2n) is 4.72. The van der Waals surface area contributed by atoms with Gasteiger partial charge in [-0.1, -0.05) is 0 Å². The minimum atomic E-state index is -3.75. The normalized spacial score (nSPS) is 11.8. The fraction of sp³-hybridized carbons (Fsp3) is 0. The number of primary sulfonamides is 2. The molecule has 11 heteroatoms. The van der Waals surface area contributed by atoms with Gasteiger partial charge in [-0.05, 0) is 60.7 Å². The Balaban J connectivity index is 2.03. The summed E-state index contributed by atoms with van der Waals surface area (Å²) >= 11 is 5.12. The minimum Gasteiger partial charge on any atom is -0.332 e. The quantitative estimate of drug-likeness (QED) is 0.569. The first-order valence-corrected chi connectivity index (χ1v) is 9.89. The van der Waals surface area contributed by atoms with Crippen LogP contribution in [0.15, 0.2) is 58.3 Å². The van der Waals surface area contributed by atoms with Gasteiger partial charge in [0.1, 0.15) is 0 Å². The molecular formula is C13H14N4O4S3. The molecule has 0 heterocycles. The topological polar surface area (TPSA) is 144 Å². The monoisotopic (exact) mass is 386 g/mol. The van der Waals surface area contributed by atoms with E-state index >= 15 is 0 Å². The second kappa shape index (κ2) is 6.83. The van der Waals surface area contributed by atoms with E-state index in [1.165, 1.54) is 48.5 Å². The Morgan fingerprint density at radius 2 is 1.00 bits per heavy atom. The SMILES string of the molecule is NS(=O)(=O)c1ccc(NC(=S)Nc2ccc(S(N)(=O)=O)cc2)cc1. The van der Waals surface area contributed by atoms with Crippen LogP contribution in [-0.2, 0) is 20.0 Å². The Morgan fingerprint density at radius 3 is 1.25 bits per heavy atom. The molecular weight excluding hydrogens is 372 g/mol. The van der Waals surface area contributed by atoms with Crippen molar-refractivity contribution in [3.8, 4) is 0 Å². The number of hydrogen-bond donors (Lipinski definition) is 4. The van der Waals surface area contributed by atoms with Crippen LogP contribution < -0.4 is 20.9 Å². The summed E-state index contributed by atoms with van der Waals surface area (Å²) in [6, 6.07) is 11.4. The van der Waals surface area contributed by atoms with Gasteiger partial charge in [-0.15, -0.1) is 0 Å². The van der Waals surface area contributed by atoms with Crippen molar-refractivity contribution >= 4 is 48.8 Å². The maximum Gasteiger partial charge on any atom is 0.238 e. The van der Waals surface area contributed by atoms with Crippen molar-refractivity contribution in [3.05, 3.63) is 48.5 Å². The molecule has 0 amide bonds. The van der Waals surface area contributed by atoms with Crippen molar-refractivity contribution in [2.75, 3.05) is 10.6 Å². The van der Waals surface area contributed by atoms with Crippen LogP contribution in [0, 0.1) is 0 Å². The molecule has 0 aliphatic heterocycles. The van der Waals surface area contributed by atoms with E-state index in [2.05, 4.69) is 10.6 Å². The average Bonchev–Trinajstić information content (AvgIpc) is 2.46. The number of thiocarbonyl (C=S) groups is 1. The fourth-order valence-corrected chi connectivity index (χ4v) is 3.02. The van der Waals surface area contributed by atoms with Gasteiger partial charge in [-0.3, -0.25) is 0 Å². The van der Waals surface area contributed by atoms with Crippen LogP contribution in [0.2, 0.25) is 0 Å². The highest BCUT2D eigenvalue weighted by molar-refractivity contribution is 7.89. The molecule has 0 aromatic heterocycles. The van der Waals surface area contributed by atoms with Gasteiger partial charge in [0.25, 0.3) is 0 Å². The molecule has 0 atom stereocenters. The van der Waals surface area contributed by atoms with E-state index in [9.17, 15) is 16.8 Å². The first-order chi connectivity index (χ1) is 11.1. The zero-order chi connectivity index (χ0) is 18.0. The smallest absolute Gasteiger partial charge is 0.238 e. The van der Waals surface area contributed by atoms with E-state index in [4.69, 9.17) is 22.5 Å². The lowest BCUT2D eigenvalue weighted by molar-refractivity contribution is 0.596. The van der Waals surface area contributed by atoms with Gasteiger partial charge in [0.05, 0.1) is 9.79 Å². The van der Waals surface area contributed by atoms with Gasteiger partial charge in [-0.25, -0.2) is 27.1 Å². The Labute approximate surface area is 145 Å². The number of rotatable bonds is 4.